The summed E-state index contributed by atoms with van der Waals surface area (Å²) in [4.78, 5) is 12.0. The topological polar surface area (TPSA) is 38.3 Å². The van der Waals surface area contributed by atoms with E-state index in [9.17, 15) is 9.18 Å². The predicted octanol–water partition coefficient (Wildman–Crippen LogP) is 4.30. The molecule has 1 unspecified atom stereocenters. The lowest BCUT2D eigenvalue weighted by molar-refractivity contribution is -0.117. The van der Waals surface area contributed by atoms with E-state index in [-0.39, 0.29) is 11.9 Å². The van der Waals surface area contributed by atoms with Gasteiger partial charge in [-0.1, -0.05) is 23.7 Å². The zero-order chi connectivity index (χ0) is 17.1. The van der Waals surface area contributed by atoms with Gasteiger partial charge >= 0.3 is 0 Å². The standard InChI is InChI=1S/C19H17ClFNO2/c1-12(14-3-6-18-15(10-14)8-9-24-18)22-19(23)7-4-13-2-5-16(20)11-17(13)21/h2-7,10-12H,8-9H2,1H3,(H,22,23)/b7-4+. The summed E-state index contributed by atoms with van der Waals surface area (Å²) >= 11 is 5.70. The fourth-order valence-electron chi connectivity index (χ4n) is 2.62. The first-order valence-corrected chi connectivity index (χ1v) is 8.10. The number of halogens is 2. The van der Waals surface area contributed by atoms with Crippen molar-refractivity contribution in [2.45, 2.75) is 19.4 Å². The lowest BCUT2D eigenvalue weighted by Gasteiger charge is -2.14. The second-order valence-electron chi connectivity index (χ2n) is 5.70. The molecule has 0 aromatic heterocycles. The van der Waals surface area contributed by atoms with Crippen molar-refractivity contribution in [3.05, 3.63) is 70.0 Å². The average molecular weight is 346 g/mol. The minimum atomic E-state index is -0.460. The summed E-state index contributed by atoms with van der Waals surface area (Å²) in [6.07, 6.45) is 3.64. The van der Waals surface area contributed by atoms with Gasteiger partial charge in [0.1, 0.15) is 11.6 Å². The summed E-state index contributed by atoms with van der Waals surface area (Å²) < 4.78 is 19.2. The van der Waals surface area contributed by atoms with Gasteiger partial charge in [-0.3, -0.25) is 4.79 Å². The normalized spacial score (nSPS) is 14.3. The molecule has 1 N–H and O–H groups in total. The van der Waals surface area contributed by atoms with Crippen LogP contribution in [0.1, 0.15) is 29.7 Å². The highest BCUT2D eigenvalue weighted by Gasteiger charge is 2.15. The molecule has 5 heteroatoms. The Labute approximate surface area is 145 Å². The maximum Gasteiger partial charge on any atom is 0.244 e. The van der Waals surface area contributed by atoms with Gasteiger partial charge in [0.2, 0.25) is 5.91 Å². The summed E-state index contributed by atoms with van der Waals surface area (Å²) in [5.41, 5.74) is 2.49. The number of amides is 1. The van der Waals surface area contributed by atoms with E-state index < -0.39 is 5.82 Å². The third-order valence-corrected chi connectivity index (χ3v) is 4.18. The van der Waals surface area contributed by atoms with Crippen molar-refractivity contribution in [1.82, 2.24) is 5.32 Å². The molecule has 3 rings (SSSR count). The van der Waals surface area contributed by atoms with Crippen molar-refractivity contribution >= 4 is 23.6 Å². The fourth-order valence-corrected chi connectivity index (χ4v) is 2.78. The van der Waals surface area contributed by atoms with Crippen LogP contribution in [0.25, 0.3) is 6.08 Å². The van der Waals surface area contributed by atoms with Crippen LogP contribution in [0.5, 0.6) is 5.75 Å². The second kappa shape index (κ2) is 7.05. The lowest BCUT2D eigenvalue weighted by Crippen LogP contribution is -2.24. The van der Waals surface area contributed by atoms with Gasteiger partial charge in [0, 0.05) is 23.1 Å². The van der Waals surface area contributed by atoms with E-state index >= 15 is 0 Å². The summed E-state index contributed by atoms with van der Waals surface area (Å²) in [6, 6.07) is 10.1. The number of fused-ring (bicyclic) bond motifs is 1. The molecular weight excluding hydrogens is 329 g/mol. The Morgan fingerprint density at radius 3 is 2.96 bits per heavy atom. The second-order valence-corrected chi connectivity index (χ2v) is 6.13. The Morgan fingerprint density at radius 2 is 2.17 bits per heavy atom. The molecule has 0 aliphatic carbocycles. The number of benzene rings is 2. The summed E-state index contributed by atoms with van der Waals surface area (Å²) in [5, 5.41) is 3.20. The van der Waals surface area contributed by atoms with E-state index in [1.165, 1.54) is 24.3 Å². The largest absolute Gasteiger partial charge is 0.493 e. The zero-order valence-corrected chi connectivity index (χ0v) is 13.9. The Bertz CT molecular complexity index is 804. The van der Waals surface area contributed by atoms with Crippen LogP contribution in [0.4, 0.5) is 4.39 Å². The first-order valence-electron chi connectivity index (χ1n) is 7.72. The van der Waals surface area contributed by atoms with Gasteiger partial charge < -0.3 is 10.1 Å². The first kappa shape index (κ1) is 16.5. The van der Waals surface area contributed by atoms with Gasteiger partial charge in [-0.15, -0.1) is 0 Å². The number of hydrogen-bond acceptors (Lipinski definition) is 2. The van der Waals surface area contributed by atoms with Crippen LogP contribution in [0.2, 0.25) is 5.02 Å². The molecule has 0 saturated heterocycles. The highest BCUT2D eigenvalue weighted by molar-refractivity contribution is 6.30. The lowest BCUT2D eigenvalue weighted by atomic mass is 10.0. The molecule has 2 aromatic rings. The van der Waals surface area contributed by atoms with E-state index in [1.807, 2.05) is 19.1 Å². The quantitative estimate of drug-likeness (QED) is 0.839. The number of carbonyl (C=O) groups is 1. The molecule has 124 valence electrons. The number of nitrogens with one attached hydrogen (secondary N) is 1. The number of rotatable bonds is 4. The molecule has 1 heterocycles. The Balaban J connectivity index is 1.64. The van der Waals surface area contributed by atoms with Crippen molar-refractivity contribution in [2.24, 2.45) is 0 Å². The maximum absolute atomic E-state index is 13.7. The highest BCUT2D eigenvalue weighted by atomic mass is 35.5. The van der Waals surface area contributed by atoms with Gasteiger partial charge in [0.05, 0.1) is 12.6 Å². The average Bonchev–Trinajstić information content (AvgIpc) is 3.01. The van der Waals surface area contributed by atoms with Gasteiger partial charge in [-0.2, -0.15) is 0 Å². The molecule has 1 aliphatic heterocycles. The first-order chi connectivity index (χ1) is 11.5. The third-order valence-electron chi connectivity index (χ3n) is 3.95. The molecule has 0 bridgehead atoms. The molecule has 0 spiro atoms. The smallest absolute Gasteiger partial charge is 0.244 e. The van der Waals surface area contributed by atoms with Crippen LogP contribution in [0.15, 0.2) is 42.5 Å². The minimum absolute atomic E-state index is 0.150. The van der Waals surface area contributed by atoms with Crippen molar-refractivity contribution in [2.75, 3.05) is 6.61 Å². The van der Waals surface area contributed by atoms with Gasteiger partial charge in [-0.25, -0.2) is 4.39 Å². The molecular formula is C19H17ClFNO2. The summed E-state index contributed by atoms with van der Waals surface area (Å²) in [7, 11) is 0. The molecule has 0 radical (unpaired) electrons. The fraction of sp³-hybridized carbons (Fsp3) is 0.211. The van der Waals surface area contributed by atoms with Crippen molar-refractivity contribution in [1.29, 1.82) is 0 Å². The van der Waals surface area contributed by atoms with Crippen molar-refractivity contribution < 1.29 is 13.9 Å². The van der Waals surface area contributed by atoms with Gasteiger partial charge in [-0.05, 0) is 48.4 Å². The maximum atomic E-state index is 13.7. The van der Waals surface area contributed by atoms with Crippen LogP contribution in [-0.2, 0) is 11.2 Å². The van der Waals surface area contributed by atoms with Crippen LogP contribution < -0.4 is 10.1 Å². The molecule has 1 amide bonds. The number of carbonyl (C=O) groups excluding carboxylic acids is 1. The molecule has 1 atom stereocenters. The van der Waals surface area contributed by atoms with Crippen LogP contribution in [0.3, 0.4) is 0 Å². The SMILES string of the molecule is CC(NC(=O)/C=C/c1ccc(Cl)cc1F)c1ccc2c(c1)CCO2. The van der Waals surface area contributed by atoms with Crippen molar-refractivity contribution in [3.63, 3.8) is 0 Å². The number of ether oxygens (including phenoxy) is 1. The Kier molecular flexibility index (Phi) is 4.86. The van der Waals surface area contributed by atoms with Gasteiger partial charge in [0.15, 0.2) is 0 Å². The van der Waals surface area contributed by atoms with E-state index in [1.54, 1.807) is 6.07 Å². The Hall–Kier alpha value is -2.33. The van der Waals surface area contributed by atoms with E-state index in [4.69, 9.17) is 16.3 Å². The molecule has 0 saturated carbocycles. The van der Waals surface area contributed by atoms with E-state index in [0.29, 0.717) is 17.2 Å². The van der Waals surface area contributed by atoms with Crippen molar-refractivity contribution in [3.8, 4) is 5.75 Å². The monoisotopic (exact) mass is 345 g/mol. The van der Waals surface area contributed by atoms with E-state index in [2.05, 4.69) is 11.4 Å². The molecule has 3 nitrogen and oxygen atoms in total. The molecule has 2 aromatic carbocycles. The minimum Gasteiger partial charge on any atom is -0.493 e. The van der Waals surface area contributed by atoms with Crippen LogP contribution in [0, 0.1) is 5.82 Å². The van der Waals surface area contributed by atoms with Gasteiger partial charge in [0.25, 0.3) is 0 Å². The van der Waals surface area contributed by atoms with Crippen LogP contribution in [-0.4, -0.2) is 12.5 Å². The predicted molar refractivity (Wildman–Crippen MR) is 92.6 cm³/mol. The number of hydrogen-bond donors (Lipinski definition) is 1. The van der Waals surface area contributed by atoms with Crippen LogP contribution >= 0.6 is 11.6 Å². The Morgan fingerprint density at radius 1 is 1.33 bits per heavy atom. The summed E-state index contributed by atoms with van der Waals surface area (Å²) in [6.45, 7) is 2.61. The summed E-state index contributed by atoms with van der Waals surface area (Å²) in [5.74, 6) is 0.169. The van der Waals surface area contributed by atoms with E-state index in [0.717, 1.165) is 23.3 Å². The zero-order valence-electron chi connectivity index (χ0n) is 13.2. The molecule has 24 heavy (non-hydrogen) atoms. The molecule has 1 aliphatic rings. The highest BCUT2D eigenvalue weighted by Crippen LogP contribution is 2.28. The third kappa shape index (κ3) is 3.77. The molecule has 0 fully saturated rings.